The summed E-state index contributed by atoms with van der Waals surface area (Å²) in [5, 5.41) is 7.59. The van der Waals surface area contributed by atoms with Gasteiger partial charge in [0.25, 0.3) is 0 Å². The van der Waals surface area contributed by atoms with Crippen molar-refractivity contribution in [2.24, 2.45) is 7.05 Å². The van der Waals surface area contributed by atoms with Crippen molar-refractivity contribution in [3.05, 3.63) is 46.2 Å². The second-order valence-electron chi connectivity index (χ2n) is 4.43. The first-order chi connectivity index (χ1) is 9.06. The highest BCUT2D eigenvalue weighted by Crippen LogP contribution is 2.21. The van der Waals surface area contributed by atoms with E-state index < -0.39 is 0 Å². The van der Waals surface area contributed by atoms with Gasteiger partial charge in [-0.05, 0) is 40.5 Å². The maximum atomic E-state index is 13.2. The molecule has 0 saturated heterocycles. The van der Waals surface area contributed by atoms with E-state index in [2.05, 4.69) is 31.3 Å². The summed E-state index contributed by atoms with van der Waals surface area (Å²) in [5.74, 6) is 0.580. The van der Waals surface area contributed by atoms with E-state index in [9.17, 15) is 4.39 Å². The lowest BCUT2D eigenvalue weighted by Crippen LogP contribution is -2.21. The van der Waals surface area contributed by atoms with Crippen molar-refractivity contribution in [1.82, 2.24) is 20.1 Å². The first-order valence-electron chi connectivity index (χ1n) is 6.09. The molecule has 2 aromatic rings. The van der Waals surface area contributed by atoms with Gasteiger partial charge >= 0.3 is 0 Å². The molecule has 0 aliphatic rings. The Bertz CT molecular complexity index is 555. The van der Waals surface area contributed by atoms with Crippen LogP contribution in [0.3, 0.4) is 0 Å². The summed E-state index contributed by atoms with van der Waals surface area (Å²) < 4.78 is 15.3. The van der Waals surface area contributed by atoms with Crippen LogP contribution in [-0.2, 0) is 13.5 Å². The Labute approximate surface area is 120 Å². The van der Waals surface area contributed by atoms with Gasteiger partial charge in [-0.1, -0.05) is 6.07 Å². The van der Waals surface area contributed by atoms with E-state index in [4.69, 9.17) is 0 Å². The Hall–Kier alpha value is -1.27. The Morgan fingerprint density at radius 1 is 1.47 bits per heavy atom. The van der Waals surface area contributed by atoms with Crippen LogP contribution < -0.4 is 5.32 Å². The third-order valence-corrected chi connectivity index (χ3v) is 3.50. The van der Waals surface area contributed by atoms with E-state index >= 15 is 0 Å². The summed E-state index contributed by atoms with van der Waals surface area (Å²) in [5.41, 5.74) is 1.04. The molecule has 1 unspecified atom stereocenters. The van der Waals surface area contributed by atoms with Gasteiger partial charge in [-0.15, -0.1) is 0 Å². The van der Waals surface area contributed by atoms with E-state index in [1.165, 1.54) is 6.07 Å². The molecule has 2 rings (SSSR count). The van der Waals surface area contributed by atoms with Gasteiger partial charge in [0.1, 0.15) is 12.1 Å². The predicted molar refractivity (Wildman–Crippen MR) is 75.2 cm³/mol. The van der Waals surface area contributed by atoms with Gasteiger partial charge in [-0.3, -0.25) is 4.68 Å². The first kappa shape index (κ1) is 14.1. The third kappa shape index (κ3) is 3.84. The fraction of sp³-hybridized carbons (Fsp3) is 0.385. The summed E-state index contributed by atoms with van der Waals surface area (Å²) in [6.45, 7) is 2.83. The van der Waals surface area contributed by atoms with Crippen molar-refractivity contribution in [3.63, 3.8) is 0 Å². The fourth-order valence-corrected chi connectivity index (χ4v) is 2.20. The molecule has 0 spiro atoms. The SMILES string of the molecule is CC(NCCc1ncn(C)n1)c1ccc(F)c(Br)c1. The molecule has 102 valence electrons. The molecular formula is C13H16BrFN4. The van der Waals surface area contributed by atoms with E-state index in [-0.39, 0.29) is 11.9 Å². The maximum absolute atomic E-state index is 13.2. The monoisotopic (exact) mass is 326 g/mol. The van der Waals surface area contributed by atoms with Crippen LogP contribution in [0.25, 0.3) is 0 Å². The molecular weight excluding hydrogens is 311 g/mol. The predicted octanol–water partition coefficient (Wildman–Crippen LogP) is 2.61. The lowest BCUT2D eigenvalue weighted by Gasteiger charge is -2.14. The minimum Gasteiger partial charge on any atom is -0.310 e. The van der Waals surface area contributed by atoms with Crippen LogP contribution in [0, 0.1) is 5.82 Å². The number of aryl methyl sites for hydroxylation is 1. The summed E-state index contributed by atoms with van der Waals surface area (Å²) >= 11 is 3.20. The topological polar surface area (TPSA) is 42.7 Å². The Kier molecular flexibility index (Phi) is 4.66. The zero-order valence-corrected chi connectivity index (χ0v) is 12.5. The normalized spacial score (nSPS) is 12.6. The van der Waals surface area contributed by atoms with Gasteiger partial charge in [-0.2, -0.15) is 5.10 Å². The molecule has 4 nitrogen and oxygen atoms in total. The van der Waals surface area contributed by atoms with Crippen LogP contribution in [0.1, 0.15) is 24.4 Å². The minimum absolute atomic E-state index is 0.153. The van der Waals surface area contributed by atoms with Gasteiger partial charge in [0.2, 0.25) is 0 Å². The number of hydrogen-bond donors (Lipinski definition) is 1. The number of aromatic nitrogens is 3. The van der Waals surface area contributed by atoms with E-state index in [0.29, 0.717) is 4.47 Å². The molecule has 0 amide bonds. The van der Waals surface area contributed by atoms with Crippen LogP contribution in [0.2, 0.25) is 0 Å². The van der Waals surface area contributed by atoms with E-state index in [1.54, 1.807) is 23.1 Å². The smallest absolute Gasteiger partial charge is 0.151 e. The van der Waals surface area contributed by atoms with Crippen molar-refractivity contribution in [3.8, 4) is 0 Å². The highest BCUT2D eigenvalue weighted by molar-refractivity contribution is 9.10. The average Bonchev–Trinajstić information content (AvgIpc) is 2.78. The summed E-state index contributed by atoms with van der Waals surface area (Å²) in [6, 6.07) is 5.21. The van der Waals surface area contributed by atoms with Crippen LogP contribution in [-0.4, -0.2) is 21.3 Å². The highest BCUT2D eigenvalue weighted by Gasteiger charge is 2.08. The number of nitrogens with one attached hydrogen (secondary N) is 1. The number of benzene rings is 1. The van der Waals surface area contributed by atoms with Crippen LogP contribution in [0.15, 0.2) is 29.0 Å². The average molecular weight is 327 g/mol. The largest absolute Gasteiger partial charge is 0.310 e. The lowest BCUT2D eigenvalue weighted by atomic mass is 10.1. The molecule has 6 heteroatoms. The molecule has 1 aromatic carbocycles. The molecule has 0 fully saturated rings. The van der Waals surface area contributed by atoms with Crippen molar-refractivity contribution in [2.45, 2.75) is 19.4 Å². The molecule has 0 radical (unpaired) electrons. The molecule has 1 atom stereocenters. The second kappa shape index (κ2) is 6.25. The van der Waals surface area contributed by atoms with Crippen LogP contribution >= 0.6 is 15.9 Å². The first-order valence-corrected chi connectivity index (χ1v) is 6.88. The third-order valence-electron chi connectivity index (χ3n) is 2.89. The summed E-state index contributed by atoms with van der Waals surface area (Å²) in [4.78, 5) is 4.17. The van der Waals surface area contributed by atoms with E-state index in [0.717, 1.165) is 24.4 Å². The van der Waals surface area contributed by atoms with Crippen molar-refractivity contribution in [1.29, 1.82) is 0 Å². The number of hydrogen-bond acceptors (Lipinski definition) is 3. The quantitative estimate of drug-likeness (QED) is 0.918. The van der Waals surface area contributed by atoms with Gasteiger partial charge in [0, 0.05) is 26.1 Å². The fourth-order valence-electron chi connectivity index (χ4n) is 1.80. The standard InChI is InChI=1S/C13H16BrFN4/c1-9(10-3-4-12(15)11(14)7-10)16-6-5-13-17-8-19(2)18-13/h3-4,7-9,16H,5-6H2,1-2H3. The van der Waals surface area contributed by atoms with Gasteiger partial charge in [0.05, 0.1) is 4.47 Å². The molecule has 1 aromatic heterocycles. The molecule has 19 heavy (non-hydrogen) atoms. The second-order valence-corrected chi connectivity index (χ2v) is 5.29. The summed E-state index contributed by atoms with van der Waals surface area (Å²) in [7, 11) is 1.85. The van der Waals surface area contributed by atoms with E-state index in [1.807, 2.05) is 14.0 Å². The molecule has 0 aliphatic carbocycles. The molecule has 1 heterocycles. The Balaban J connectivity index is 1.86. The zero-order valence-electron chi connectivity index (χ0n) is 10.9. The van der Waals surface area contributed by atoms with Crippen LogP contribution in [0.5, 0.6) is 0 Å². The maximum Gasteiger partial charge on any atom is 0.151 e. The highest BCUT2D eigenvalue weighted by atomic mass is 79.9. The number of nitrogens with zero attached hydrogens (tertiary/aromatic N) is 3. The van der Waals surface area contributed by atoms with Crippen molar-refractivity contribution in [2.75, 3.05) is 6.54 Å². The van der Waals surface area contributed by atoms with Crippen molar-refractivity contribution >= 4 is 15.9 Å². The molecule has 0 bridgehead atoms. The lowest BCUT2D eigenvalue weighted by molar-refractivity contribution is 0.564. The van der Waals surface area contributed by atoms with Crippen molar-refractivity contribution < 1.29 is 4.39 Å². The zero-order chi connectivity index (χ0) is 13.8. The Morgan fingerprint density at radius 2 is 2.26 bits per heavy atom. The van der Waals surface area contributed by atoms with Gasteiger partial charge in [-0.25, -0.2) is 9.37 Å². The van der Waals surface area contributed by atoms with Crippen LogP contribution in [0.4, 0.5) is 4.39 Å². The molecule has 0 aliphatic heterocycles. The molecule has 0 saturated carbocycles. The van der Waals surface area contributed by atoms with Gasteiger partial charge < -0.3 is 5.32 Å². The number of rotatable bonds is 5. The van der Waals surface area contributed by atoms with Gasteiger partial charge in [0.15, 0.2) is 5.82 Å². The molecule has 1 N–H and O–H groups in total. The number of halogens is 2. The Morgan fingerprint density at radius 3 is 2.89 bits per heavy atom. The minimum atomic E-state index is -0.242. The summed E-state index contributed by atoms with van der Waals surface area (Å²) in [6.07, 6.45) is 2.46.